The molecule has 0 atom stereocenters. The molecule has 0 unspecified atom stereocenters. The molecule has 5 heteroatoms. The van der Waals surface area contributed by atoms with E-state index in [1.165, 1.54) is 0 Å². The van der Waals surface area contributed by atoms with Gasteiger partial charge in [0.25, 0.3) is 0 Å². The summed E-state index contributed by atoms with van der Waals surface area (Å²) in [6.45, 7) is 3.10. The molecule has 2 aromatic carbocycles. The molecule has 110 valence electrons. The van der Waals surface area contributed by atoms with E-state index in [2.05, 4.69) is 5.32 Å². The van der Waals surface area contributed by atoms with Crippen molar-refractivity contribution in [2.75, 3.05) is 17.6 Å². The summed E-state index contributed by atoms with van der Waals surface area (Å²) in [5, 5.41) is 3.50. The minimum atomic E-state index is -0.142. The number of nitrogens with one attached hydrogen (secondary N) is 1. The number of urea groups is 1. The minimum Gasteiger partial charge on any atom is -0.399 e. The van der Waals surface area contributed by atoms with Crippen LogP contribution in [0.2, 0.25) is 5.02 Å². The number of nitrogens with zero attached hydrogens (tertiary/aromatic N) is 1. The van der Waals surface area contributed by atoms with Gasteiger partial charge < -0.3 is 16.0 Å². The zero-order valence-electron chi connectivity index (χ0n) is 11.8. The Morgan fingerprint density at radius 1 is 1.14 bits per heavy atom. The maximum Gasteiger partial charge on any atom is 0.322 e. The van der Waals surface area contributed by atoms with E-state index in [4.69, 9.17) is 17.3 Å². The van der Waals surface area contributed by atoms with E-state index in [0.717, 1.165) is 11.3 Å². The van der Waals surface area contributed by atoms with Crippen molar-refractivity contribution in [3.8, 4) is 0 Å². The van der Waals surface area contributed by atoms with Gasteiger partial charge in [0.15, 0.2) is 0 Å². The molecule has 21 heavy (non-hydrogen) atoms. The number of nitrogens with two attached hydrogens (primary N) is 1. The van der Waals surface area contributed by atoms with E-state index in [0.29, 0.717) is 23.8 Å². The van der Waals surface area contributed by atoms with Crippen molar-refractivity contribution >= 4 is 29.0 Å². The lowest BCUT2D eigenvalue weighted by molar-refractivity contribution is 0.212. The number of carbonyl (C=O) groups is 1. The van der Waals surface area contributed by atoms with Crippen molar-refractivity contribution in [1.29, 1.82) is 0 Å². The highest BCUT2D eigenvalue weighted by molar-refractivity contribution is 6.30. The highest BCUT2D eigenvalue weighted by Crippen LogP contribution is 2.15. The molecule has 4 nitrogen and oxygen atoms in total. The molecule has 0 fully saturated rings. The lowest BCUT2D eigenvalue weighted by Crippen LogP contribution is -2.34. The second-order valence-electron chi connectivity index (χ2n) is 4.69. The normalized spacial score (nSPS) is 10.2. The molecule has 0 heterocycles. The van der Waals surface area contributed by atoms with Crippen LogP contribution >= 0.6 is 11.6 Å². The van der Waals surface area contributed by atoms with E-state index in [9.17, 15) is 4.79 Å². The number of benzene rings is 2. The molecule has 2 aromatic rings. The van der Waals surface area contributed by atoms with Gasteiger partial charge in [0.1, 0.15) is 0 Å². The quantitative estimate of drug-likeness (QED) is 0.839. The SMILES string of the molecule is CCN(Cc1ccc(N)cc1)C(=O)Nc1ccc(Cl)cc1. The number of hydrogen-bond acceptors (Lipinski definition) is 2. The van der Waals surface area contributed by atoms with Crippen LogP contribution in [0.1, 0.15) is 12.5 Å². The first-order valence-electron chi connectivity index (χ1n) is 6.74. The molecule has 0 aliphatic rings. The Morgan fingerprint density at radius 2 is 1.76 bits per heavy atom. The largest absolute Gasteiger partial charge is 0.399 e. The summed E-state index contributed by atoms with van der Waals surface area (Å²) in [5.41, 5.74) is 8.14. The van der Waals surface area contributed by atoms with Gasteiger partial charge in [-0.05, 0) is 48.9 Å². The van der Waals surface area contributed by atoms with Gasteiger partial charge in [0.05, 0.1) is 0 Å². The van der Waals surface area contributed by atoms with Crippen molar-refractivity contribution in [2.24, 2.45) is 0 Å². The number of nitrogen functional groups attached to an aromatic ring is 1. The van der Waals surface area contributed by atoms with Crippen LogP contribution in [-0.4, -0.2) is 17.5 Å². The first-order valence-corrected chi connectivity index (χ1v) is 7.12. The molecular formula is C16H18ClN3O. The molecule has 0 saturated carbocycles. The summed E-state index contributed by atoms with van der Waals surface area (Å²) >= 11 is 5.82. The summed E-state index contributed by atoms with van der Waals surface area (Å²) in [5.74, 6) is 0. The minimum absolute atomic E-state index is 0.142. The van der Waals surface area contributed by atoms with Crippen LogP contribution < -0.4 is 11.1 Å². The molecular weight excluding hydrogens is 286 g/mol. The second-order valence-corrected chi connectivity index (χ2v) is 5.13. The fourth-order valence-electron chi connectivity index (χ4n) is 1.91. The highest BCUT2D eigenvalue weighted by Gasteiger charge is 2.12. The van der Waals surface area contributed by atoms with Gasteiger partial charge in [0.2, 0.25) is 0 Å². The van der Waals surface area contributed by atoms with Crippen molar-refractivity contribution in [3.05, 3.63) is 59.1 Å². The number of carbonyl (C=O) groups excluding carboxylic acids is 1. The van der Waals surface area contributed by atoms with Crippen LogP contribution in [0.3, 0.4) is 0 Å². The maximum atomic E-state index is 12.3. The maximum absolute atomic E-state index is 12.3. The lowest BCUT2D eigenvalue weighted by atomic mass is 10.2. The van der Waals surface area contributed by atoms with Crippen LogP contribution in [0.25, 0.3) is 0 Å². The number of amides is 2. The number of anilines is 2. The van der Waals surface area contributed by atoms with Gasteiger partial charge >= 0.3 is 6.03 Å². The first-order chi connectivity index (χ1) is 10.1. The Bertz CT molecular complexity index is 596. The first kappa shape index (κ1) is 15.2. The zero-order valence-corrected chi connectivity index (χ0v) is 12.6. The molecule has 0 spiro atoms. The zero-order chi connectivity index (χ0) is 15.2. The molecule has 0 aliphatic carbocycles. The monoisotopic (exact) mass is 303 g/mol. The Morgan fingerprint density at radius 3 is 2.33 bits per heavy atom. The number of hydrogen-bond donors (Lipinski definition) is 2. The lowest BCUT2D eigenvalue weighted by Gasteiger charge is -2.21. The topological polar surface area (TPSA) is 58.4 Å². The summed E-state index contributed by atoms with van der Waals surface area (Å²) in [7, 11) is 0. The Labute approximate surface area is 129 Å². The summed E-state index contributed by atoms with van der Waals surface area (Å²) in [4.78, 5) is 14.0. The van der Waals surface area contributed by atoms with E-state index in [-0.39, 0.29) is 6.03 Å². The molecule has 0 saturated heterocycles. The van der Waals surface area contributed by atoms with Gasteiger partial charge in [-0.2, -0.15) is 0 Å². The number of halogens is 1. The average Bonchev–Trinajstić information content (AvgIpc) is 2.49. The van der Waals surface area contributed by atoms with Gasteiger partial charge in [0, 0.05) is 29.5 Å². The Hall–Kier alpha value is -2.20. The second kappa shape index (κ2) is 6.99. The number of rotatable bonds is 4. The molecule has 2 rings (SSSR count). The van der Waals surface area contributed by atoms with Crippen LogP contribution in [-0.2, 0) is 6.54 Å². The fraction of sp³-hybridized carbons (Fsp3) is 0.188. The van der Waals surface area contributed by atoms with Crippen LogP contribution in [0, 0.1) is 0 Å². The third-order valence-corrected chi connectivity index (χ3v) is 3.37. The summed E-state index contributed by atoms with van der Waals surface area (Å²) < 4.78 is 0. The third-order valence-electron chi connectivity index (χ3n) is 3.12. The van der Waals surface area contributed by atoms with Crippen molar-refractivity contribution < 1.29 is 4.79 Å². The van der Waals surface area contributed by atoms with Gasteiger partial charge in [-0.15, -0.1) is 0 Å². The van der Waals surface area contributed by atoms with Crippen molar-refractivity contribution in [3.63, 3.8) is 0 Å². The van der Waals surface area contributed by atoms with Gasteiger partial charge in [-0.25, -0.2) is 4.79 Å². The molecule has 0 aliphatic heterocycles. The molecule has 2 amide bonds. The predicted octanol–water partition coefficient (Wildman–Crippen LogP) is 3.98. The van der Waals surface area contributed by atoms with Crippen LogP contribution in [0.4, 0.5) is 16.2 Å². The molecule has 3 N–H and O–H groups in total. The summed E-state index contributed by atoms with van der Waals surface area (Å²) in [6, 6.07) is 14.4. The Kier molecular flexibility index (Phi) is 5.06. The van der Waals surface area contributed by atoms with E-state index < -0.39 is 0 Å². The van der Waals surface area contributed by atoms with E-state index >= 15 is 0 Å². The molecule has 0 radical (unpaired) electrons. The Balaban J connectivity index is 2.01. The van der Waals surface area contributed by atoms with Crippen LogP contribution in [0.5, 0.6) is 0 Å². The third kappa shape index (κ3) is 4.39. The smallest absolute Gasteiger partial charge is 0.322 e. The highest BCUT2D eigenvalue weighted by atomic mass is 35.5. The van der Waals surface area contributed by atoms with Crippen molar-refractivity contribution in [1.82, 2.24) is 4.90 Å². The van der Waals surface area contributed by atoms with Gasteiger partial charge in [-0.1, -0.05) is 23.7 Å². The molecule has 0 bridgehead atoms. The fourth-order valence-corrected chi connectivity index (χ4v) is 2.03. The van der Waals surface area contributed by atoms with Crippen molar-refractivity contribution in [2.45, 2.75) is 13.5 Å². The van der Waals surface area contributed by atoms with E-state index in [1.807, 2.05) is 31.2 Å². The van der Waals surface area contributed by atoms with Crippen LogP contribution in [0.15, 0.2) is 48.5 Å². The summed E-state index contributed by atoms with van der Waals surface area (Å²) in [6.07, 6.45) is 0. The average molecular weight is 304 g/mol. The molecule has 0 aromatic heterocycles. The van der Waals surface area contributed by atoms with Gasteiger partial charge in [-0.3, -0.25) is 0 Å². The van der Waals surface area contributed by atoms with E-state index in [1.54, 1.807) is 29.2 Å². The predicted molar refractivity (Wildman–Crippen MR) is 87.4 cm³/mol. The standard InChI is InChI=1S/C16H18ClN3O/c1-2-20(11-12-3-7-14(18)8-4-12)16(21)19-15-9-5-13(17)6-10-15/h3-10H,2,11,18H2,1H3,(H,19,21).